The van der Waals surface area contributed by atoms with Gasteiger partial charge in [-0.1, -0.05) is 70.2 Å². The van der Waals surface area contributed by atoms with Gasteiger partial charge < -0.3 is 9.84 Å². The monoisotopic (exact) mass is 569 g/mol. The molecule has 1 aromatic heterocycles. The van der Waals surface area contributed by atoms with Gasteiger partial charge in [-0.15, -0.1) is 0 Å². The molecule has 1 saturated carbocycles. The van der Waals surface area contributed by atoms with Crippen molar-refractivity contribution in [3.63, 3.8) is 0 Å². The van der Waals surface area contributed by atoms with Crippen LogP contribution in [0.2, 0.25) is 0 Å². The summed E-state index contributed by atoms with van der Waals surface area (Å²) in [5, 5.41) is 11.3. The number of hydrogen-bond acceptors (Lipinski definition) is 3. The molecule has 4 atom stereocenters. The third kappa shape index (κ3) is 4.18. The van der Waals surface area contributed by atoms with Gasteiger partial charge in [0, 0.05) is 16.8 Å². The van der Waals surface area contributed by atoms with E-state index < -0.39 is 42.8 Å². The Bertz CT molecular complexity index is 1030. The Morgan fingerprint density at radius 1 is 1.21 bits per heavy atom. The van der Waals surface area contributed by atoms with Gasteiger partial charge in [-0.05, 0) is 61.5 Å². The molecule has 2 heterocycles. The minimum atomic E-state index is -2.73. The van der Waals surface area contributed by atoms with Gasteiger partial charge in [0.2, 0.25) is 0 Å². The molecule has 3 nitrogen and oxygen atoms in total. The fraction of sp³-hybridized carbons (Fsp3) is 0.630. The van der Waals surface area contributed by atoms with E-state index in [1.165, 1.54) is 18.4 Å². The molecule has 0 radical (unpaired) electrons. The first kappa shape index (κ1) is 23.7. The van der Waals surface area contributed by atoms with Crippen molar-refractivity contribution >= 4 is 25.2 Å². The van der Waals surface area contributed by atoms with Gasteiger partial charge in [-0.2, -0.15) is 8.78 Å². The molecule has 0 bridgehead atoms. The van der Waals surface area contributed by atoms with E-state index in [-0.39, 0.29) is 11.5 Å². The van der Waals surface area contributed by atoms with Gasteiger partial charge in [0.25, 0.3) is 3.93 Å². The highest BCUT2D eigenvalue weighted by Crippen LogP contribution is 2.54. The zero-order valence-electron chi connectivity index (χ0n) is 19.7. The summed E-state index contributed by atoms with van der Waals surface area (Å²) < 4.78 is 36.4. The lowest BCUT2D eigenvalue weighted by atomic mass is 9.71. The summed E-state index contributed by atoms with van der Waals surface area (Å²) in [7, 11) is 0. The summed E-state index contributed by atoms with van der Waals surface area (Å²) >= 11 is -1.44. The molecule has 1 aromatic rings. The second kappa shape index (κ2) is 8.59. The van der Waals surface area contributed by atoms with Crippen LogP contribution in [-0.2, 0) is 11.2 Å². The molecular formula is C27H34F2INO2. The summed E-state index contributed by atoms with van der Waals surface area (Å²) in [5.74, 6) is -0.448. The summed E-state index contributed by atoms with van der Waals surface area (Å²) in [6, 6.07) is 0. The predicted molar refractivity (Wildman–Crippen MR) is 136 cm³/mol. The van der Waals surface area contributed by atoms with Gasteiger partial charge >= 0.3 is 0 Å². The number of nitrogens with zero attached hydrogens (tertiary/aromatic N) is 1. The van der Waals surface area contributed by atoms with E-state index in [0.717, 1.165) is 47.4 Å². The average Bonchev–Trinajstić information content (AvgIpc) is 3.40. The van der Waals surface area contributed by atoms with Crippen LogP contribution in [0.4, 0.5) is 8.78 Å². The van der Waals surface area contributed by atoms with Crippen molar-refractivity contribution in [2.75, 3.05) is 0 Å². The molecular weight excluding hydrogens is 535 g/mol. The number of alkyl halides is 3. The molecule has 5 rings (SSSR count). The molecule has 0 saturated heterocycles. The van der Waals surface area contributed by atoms with Crippen LogP contribution < -0.4 is 0 Å². The van der Waals surface area contributed by atoms with E-state index in [1.54, 1.807) is 6.08 Å². The number of fused-ring (bicyclic) bond motifs is 2. The normalized spacial score (nSPS) is 31.4. The Hall–Kier alpha value is -0.990. The molecule has 1 aliphatic heterocycles. The Balaban J connectivity index is 1.67. The SMILES string of the molecule is C=IC(F)(F)C1C=C(C2OC(C)c3nc4c(c(C5CCCC5)c32)[C@@H](O)CC(C)(C)C4)C=CC1. The van der Waals surface area contributed by atoms with Gasteiger partial charge in [0.15, 0.2) is 0 Å². The second-order valence-electron chi connectivity index (χ2n) is 11.0. The molecule has 180 valence electrons. The minimum absolute atomic E-state index is 0.00654. The number of ether oxygens (including phenoxy) is 1. The summed E-state index contributed by atoms with van der Waals surface area (Å²) in [6.07, 6.45) is 10.9. The van der Waals surface area contributed by atoms with Crippen molar-refractivity contribution in [1.82, 2.24) is 4.98 Å². The van der Waals surface area contributed by atoms with E-state index in [9.17, 15) is 13.9 Å². The summed E-state index contributed by atoms with van der Waals surface area (Å²) in [5.41, 5.74) is 6.03. The Morgan fingerprint density at radius 2 is 1.94 bits per heavy atom. The van der Waals surface area contributed by atoms with E-state index in [2.05, 4.69) is 18.4 Å². The Labute approximate surface area is 205 Å². The number of pyridine rings is 1. The largest absolute Gasteiger partial charge is 0.388 e. The van der Waals surface area contributed by atoms with Crippen LogP contribution in [0.1, 0.15) is 112 Å². The van der Waals surface area contributed by atoms with Crippen molar-refractivity contribution in [2.24, 2.45) is 11.3 Å². The van der Waals surface area contributed by atoms with E-state index in [0.29, 0.717) is 18.8 Å². The smallest absolute Gasteiger partial charge is 0.297 e. The fourth-order valence-corrected chi connectivity index (χ4v) is 7.39. The van der Waals surface area contributed by atoms with Crippen molar-refractivity contribution in [3.8, 4) is 0 Å². The second-order valence-corrected chi connectivity index (χ2v) is 13.2. The molecule has 33 heavy (non-hydrogen) atoms. The van der Waals surface area contributed by atoms with Crippen LogP contribution in [0.15, 0.2) is 23.8 Å². The van der Waals surface area contributed by atoms with Gasteiger partial charge in [-0.25, -0.2) is 0 Å². The number of hydrogen-bond donors (Lipinski definition) is 1. The zero-order chi connectivity index (χ0) is 23.5. The van der Waals surface area contributed by atoms with E-state index in [1.807, 2.05) is 19.1 Å². The topological polar surface area (TPSA) is 42.4 Å². The number of aromatic nitrogens is 1. The number of aliphatic hydroxyl groups is 1. The highest BCUT2D eigenvalue weighted by molar-refractivity contribution is 14.2. The molecule has 3 unspecified atom stereocenters. The fourth-order valence-electron chi connectivity index (χ4n) is 6.39. The third-order valence-corrected chi connectivity index (χ3v) is 9.71. The molecule has 3 aliphatic carbocycles. The molecule has 4 aliphatic rings. The lowest BCUT2D eigenvalue weighted by molar-refractivity contribution is 0.0405. The van der Waals surface area contributed by atoms with Crippen molar-refractivity contribution in [3.05, 3.63) is 51.9 Å². The quantitative estimate of drug-likeness (QED) is 0.304. The molecule has 0 spiro atoms. The van der Waals surface area contributed by atoms with E-state index in [4.69, 9.17) is 9.72 Å². The molecule has 0 aromatic carbocycles. The van der Waals surface area contributed by atoms with Crippen LogP contribution >= 0.6 is 20.7 Å². The van der Waals surface area contributed by atoms with Crippen molar-refractivity contribution < 1.29 is 18.6 Å². The van der Waals surface area contributed by atoms with Gasteiger partial charge in [0.1, 0.15) is 6.10 Å². The molecule has 6 heteroatoms. The summed E-state index contributed by atoms with van der Waals surface area (Å²) in [4.78, 5) is 5.09. The highest BCUT2D eigenvalue weighted by atomic mass is 127. The van der Waals surface area contributed by atoms with Crippen LogP contribution in [0.25, 0.3) is 0 Å². The molecule has 1 N–H and O–H groups in total. The minimum Gasteiger partial charge on any atom is -0.388 e. The van der Waals surface area contributed by atoms with Crippen molar-refractivity contribution in [1.29, 1.82) is 0 Å². The maximum atomic E-state index is 14.6. The maximum absolute atomic E-state index is 14.6. The standard InChI is InChI=1S/C27H34F2INO2/c1-15-24-23(25(33-15)17-10-7-11-18(12-17)27(28,29)30-4)21(16-8-5-6-9-16)22-19(31-24)13-26(2,3)14-20(22)32/h7,10,12,15-16,18,20,25,32H,4-6,8-9,11,13-14H2,1-3H3/t15?,18?,20-,25?/m0/s1. The van der Waals surface area contributed by atoms with E-state index >= 15 is 0 Å². The number of aliphatic hydroxyl groups excluding tert-OH is 1. The first-order chi connectivity index (χ1) is 15.6. The number of allylic oxidation sites excluding steroid dienone is 2. The van der Waals surface area contributed by atoms with Crippen LogP contribution in [0.3, 0.4) is 0 Å². The van der Waals surface area contributed by atoms with Gasteiger partial charge in [0.05, 0.1) is 23.8 Å². The first-order valence-corrected chi connectivity index (χ1v) is 14.8. The zero-order valence-corrected chi connectivity index (χ0v) is 21.9. The lowest BCUT2D eigenvalue weighted by Gasteiger charge is -2.37. The van der Waals surface area contributed by atoms with Crippen LogP contribution in [0, 0.1) is 11.3 Å². The average molecular weight is 569 g/mol. The van der Waals surface area contributed by atoms with Crippen molar-refractivity contribution in [2.45, 2.75) is 93.9 Å². The maximum Gasteiger partial charge on any atom is 0.297 e. The first-order valence-electron chi connectivity index (χ1n) is 12.2. The van der Waals surface area contributed by atoms with Crippen LogP contribution in [0.5, 0.6) is 0 Å². The number of halogens is 3. The molecule has 0 amide bonds. The number of rotatable bonds is 4. The van der Waals surface area contributed by atoms with Crippen LogP contribution in [-0.4, -0.2) is 18.5 Å². The Kier molecular flexibility index (Phi) is 6.18. The molecule has 1 fully saturated rings. The predicted octanol–water partition coefficient (Wildman–Crippen LogP) is 7.38. The highest BCUT2D eigenvalue weighted by Gasteiger charge is 2.44. The van der Waals surface area contributed by atoms with Gasteiger partial charge in [-0.3, -0.25) is 4.98 Å². The lowest BCUT2D eigenvalue weighted by Crippen LogP contribution is -2.29. The Morgan fingerprint density at radius 3 is 2.64 bits per heavy atom. The third-order valence-electron chi connectivity index (χ3n) is 7.89. The summed E-state index contributed by atoms with van der Waals surface area (Å²) in [6.45, 7) is 6.39.